The first-order valence-corrected chi connectivity index (χ1v) is 7.14. The zero-order chi connectivity index (χ0) is 14.3. The lowest BCUT2D eigenvalue weighted by Crippen LogP contribution is -2.53. The molecule has 0 aromatic heterocycles. The molecule has 0 fully saturated rings. The third kappa shape index (κ3) is 4.60. The minimum absolute atomic E-state index is 0.104. The summed E-state index contributed by atoms with van der Waals surface area (Å²) in [6.07, 6.45) is 0. The predicted octanol–water partition coefficient (Wildman–Crippen LogP) is 2.07. The summed E-state index contributed by atoms with van der Waals surface area (Å²) >= 11 is 0. The van der Waals surface area contributed by atoms with Crippen molar-refractivity contribution in [2.24, 2.45) is 5.92 Å². The van der Waals surface area contributed by atoms with Crippen LogP contribution >= 0.6 is 0 Å². The van der Waals surface area contributed by atoms with Gasteiger partial charge in [0, 0.05) is 13.1 Å². The van der Waals surface area contributed by atoms with E-state index in [-0.39, 0.29) is 12.1 Å². The van der Waals surface area contributed by atoms with Crippen LogP contribution in [0.4, 0.5) is 0 Å². The maximum atomic E-state index is 9.95. The molecule has 108 valence electrons. The summed E-state index contributed by atoms with van der Waals surface area (Å²) in [5.74, 6) is 0.624. The van der Waals surface area contributed by atoms with Gasteiger partial charge in [0.15, 0.2) is 0 Å². The highest BCUT2D eigenvalue weighted by Crippen LogP contribution is 2.22. The van der Waals surface area contributed by atoms with Gasteiger partial charge < -0.3 is 15.3 Å². The molecule has 1 aromatic carbocycles. The highest BCUT2D eigenvalue weighted by Gasteiger charge is 2.31. The highest BCUT2D eigenvalue weighted by molar-refractivity contribution is 5.25. The molecule has 0 bridgehead atoms. The van der Waals surface area contributed by atoms with Gasteiger partial charge in [-0.2, -0.15) is 0 Å². The molecule has 1 unspecified atom stereocenters. The molecular formula is C16H28N2O. The molecule has 0 aliphatic carbocycles. The van der Waals surface area contributed by atoms with Gasteiger partial charge in [-0.05, 0) is 25.1 Å². The number of hydrogen-bond acceptors (Lipinski definition) is 3. The first kappa shape index (κ1) is 16.2. The van der Waals surface area contributed by atoms with Crippen molar-refractivity contribution in [3.63, 3.8) is 0 Å². The van der Waals surface area contributed by atoms with Gasteiger partial charge in [-0.3, -0.25) is 0 Å². The van der Waals surface area contributed by atoms with Crippen molar-refractivity contribution in [2.75, 3.05) is 33.3 Å². The predicted molar refractivity (Wildman–Crippen MR) is 81.2 cm³/mol. The Balaban J connectivity index is 2.92. The number of benzene rings is 1. The van der Waals surface area contributed by atoms with Crippen LogP contribution in [0.25, 0.3) is 0 Å². The average molecular weight is 264 g/mol. The van der Waals surface area contributed by atoms with Crippen LogP contribution < -0.4 is 5.32 Å². The fourth-order valence-electron chi connectivity index (χ4n) is 2.69. The number of hydrogen-bond donors (Lipinski definition) is 2. The van der Waals surface area contributed by atoms with Crippen molar-refractivity contribution in [3.05, 3.63) is 35.9 Å². The van der Waals surface area contributed by atoms with Gasteiger partial charge in [0.25, 0.3) is 0 Å². The van der Waals surface area contributed by atoms with E-state index >= 15 is 0 Å². The van der Waals surface area contributed by atoms with Crippen molar-refractivity contribution in [2.45, 2.75) is 26.3 Å². The fraction of sp³-hybridized carbons (Fsp3) is 0.625. The number of nitrogens with one attached hydrogen (secondary N) is 1. The van der Waals surface area contributed by atoms with Gasteiger partial charge in [-0.15, -0.1) is 0 Å². The summed E-state index contributed by atoms with van der Waals surface area (Å²) in [6.45, 7) is 9.29. The van der Waals surface area contributed by atoms with E-state index in [1.54, 1.807) is 0 Å². The van der Waals surface area contributed by atoms with Crippen LogP contribution in [0.3, 0.4) is 0 Å². The lowest BCUT2D eigenvalue weighted by atomic mass is 9.89. The SMILES string of the molecule is CCNC(CO)(CN(C)CC(C)C)c1ccccc1. The largest absolute Gasteiger partial charge is 0.394 e. The minimum Gasteiger partial charge on any atom is -0.394 e. The molecule has 0 spiro atoms. The zero-order valence-corrected chi connectivity index (χ0v) is 12.7. The molecule has 0 saturated heterocycles. The second-order valence-corrected chi connectivity index (χ2v) is 5.73. The van der Waals surface area contributed by atoms with E-state index in [1.807, 2.05) is 18.2 Å². The van der Waals surface area contributed by atoms with Crippen molar-refractivity contribution in [3.8, 4) is 0 Å². The van der Waals surface area contributed by atoms with Crippen molar-refractivity contribution in [1.82, 2.24) is 10.2 Å². The second kappa shape index (κ2) is 7.63. The zero-order valence-electron chi connectivity index (χ0n) is 12.7. The Morgan fingerprint density at radius 2 is 1.89 bits per heavy atom. The van der Waals surface area contributed by atoms with Crippen molar-refractivity contribution < 1.29 is 5.11 Å². The first-order valence-electron chi connectivity index (χ1n) is 7.14. The molecule has 2 N–H and O–H groups in total. The third-order valence-electron chi connectivity index (χ3n) is 3.33. The van der Waals surface area contributed by atoms with Crippen LogP contribution in [0.15, 0.2) is 30.3 Å². The van der Waals surface area contributed by atoms with Crippen LogP contribution in [-0.2, 0) is 5.54 Å². The number of rotatable bonds is 8. The van der Waals surface area contributed by atoms with E-state index < -0.39 is 0 Å². The molecule has 19 heavy (non-hydrogen) atoms. The summed E-state index contributed by atoms with van der Waals surface area (Å²) in [5, 5.41) is 13.4. The Labute approximate surface area is 117 Å². The maximum Gasteiger partial charge on any atom is 0.0797 e. The van der Waals surface area contributed by atoms with Gasteiger partial charge in [0.2, 0.25) is 0 Å². The van der Waals surface area contributed by atoms with Gasteiger partial charge in [-0.25, -0.2) is 0 Å². The normalized spacial score (nSPS) is 14.9. The summed E-state index contributed by atoms with van der Waals surface area (Å²) < 4.78 is 0. The van der Waals surface area contributed by atoms with E-state index in [9.17, 15) is 5.11 Å². The Hall–Kier alpha value is -0.900. The second-order valence-electron chi connectivity index (χ2n) is 5.73. The molecule has 0 saturated carbocycles. The lowest BCUT2D eigenvalue weighted by Gasteiger charge is -2.37. The minimum atomic E-state index is -0.375. The van der Waals surface area contributed by atoms with E-state index in [0.717, 1.165) is 25.2 Å². The highest BCUT2D eigenvalue weighted by atomic mass is 16.3. The van der Waals surface area contributed by atoms with Crippen molar-refractivity contribution >= 4 is 0 Å². The summed E-state index contributed by atoms with van der Waals surface area (Å²) in [6, 6.07) is 10.2. The standard InChI is InChI=1S/C16H28N2O/c1-5-17-16(13-19,12-18(4)11-14(2)3)15-9-7-6-8-10-15/h6-10,14,17,19H,5,11-13H2,1-4H3. The van der Waals surface area contributed by atoms with E-state index in [2.05, 4.69) is 50.2 Å². The quantitative estimate of drug-likeness (QED) is 0.754. The van der Waals surface area contributed by atoms with Gasteiger partial charge in [-0.1, -0.05) is 51.1 Å². The maximum absolute atomic E-state index is 9.95. The summed E-state index contributed by atoms with van der Waals surface area (Å²) in [7, 11) is 2.12. The van der Waals surface area contributed by atoms with Crippen LogP contribution in [0.5, 0.6) is 0 Å². The number of likely N-dealkylation sites (N-methyl/N-ethyl adjacent to an activating group) is 2. The van der Waals surface area contributed by atoms with Gasteiger partial charge in [0.05, 0.1) is 12.1 Å². The molecule has 1 rings (SSSR count). The van der Waals surface area contributed by atoms with Crippen LogP contribution in [0.2, 0.25) is 0 Å². The van der Waals surface area contributed by atoms with Crippen LogP contribution in [-0.4, -0.2) is 43.3 Å². The van der Waals surface area contributed by atoms with E-state index in [1.165, 1.54) is 0 Å². The molecule has 0 radical (unpaired) electrons. The molecular weight excluding hydrogens is 236 g/mol. The molecule has 3 nitrogen and oxygen atoms in total. The molecule has 0 aliphatic heterocycles. The summed E-state index contributed by atoms with van der Waals surface area (Å²) in [5.41, 5.74) is 0.773. The Morgan fingerprint density at radius 3 is 2.37 bits per heavy atom. The fourth-order valence-corrected chi connectivity index (χ4v) is 2.69. The summed E-state index contributed by atoms with van der Waals surface area (Å²) in [4.78, 5) is 2.29. The first-order chi connectivity index (χ1) is 9.04. The number of nitrogens with zero attached hydrogens (tertiary/aromatic N) is 1. The van der Waals surface area contributed by atoms with Gasteiger partial charge in [0.1, 0.15) is 0 Å². The average Bonchev–Trinajstić information content (AvgIpc) is 2.38. The molecule has 0 heterocycles. The molecule has 1 aromatic rings. The smallest absolute Gasteiger partial charge is 0.0797 e. The Kier molecular flexibility index (Phi) is 6.49. The van der Waals surface area contributed by atoms with Crippen molar-refractivity contribution in [1.29, 1.82) is 0 Å². The van der Waals surface area contributed by atoms with E-state index in [4.69, 9.17) is 0 Å². The number of aliphatic hydroxyl groups excluding tert-OH is 1. The van der Waals surface area contributed by atoms with Gasteiger partial charge >= 0.3 is 0 Å². The van der Waals surface area contributed by atoms with Crippen LogP contribution in [0, 0.1) is 5.92 Å². The molecule has 1 atom stereocenters. The Morgan fingerprint density at radius 1 is 1.26 bits per heavy atom. The van der Waals surface area contributed by atoms with Crippen LogP contribution in [0.1, 0.15) is 26.3 Å². The Bertz CT molecular complexity index is 353. The topological polar surface area (TPSA) is 35.5 Å². The third-order valence-corrected chi connectivity index (χ3v) is 3.33. The van der Waals surface area contributed by atoms with E-state index in [0.29, 0.717) is 5.92 Å². The monoisotopic (exact) mass is 264 g/mol. The lowest BCUT2D eigenvalue weighted by molar-refractivity contribution is 0.114. The molecule has 3 heteroatoms. The number of aliphatic hydroxyl groups is 1. The molecule has 0 amide bonds. The molecule has 0 aliphatic rings.